The van der Waals surface area contributed by atoms with Crippen LogP contribution in [-0.4, -0.2) is 16.0 Å². The maximum Gasteiger partial charge on any atom is 0.416 e. The fourth-order valence-corrected chi connectivity index (χ4v) is 4.26. The lowest BCUT2D eigenvalue weighted by Crippen LogP contribution is -2.29. The van der Waals surface area contributed by atoms with Gasteiger partial charge in [0.25, 0.3) is 0 Å². The van der Waals surface area contributed by atoms with Gasteiger partial charge in [0.2, 0.25) is 0 Å². The lowest BCUT2D eigenvalue weighted by atomic mass is 10.0. The van der Waals surface area contributed by atoms with Gasteiger partial charge in [0, 0.05) is 31.5 Å². The lowest BCUT2D eigenvalue weighted by molar-refractivity contribution is -0.137. The number of benzene rings is 2. The van der Waals surface area contributed by atoms with E-state index in [2.05, 4.69) is 15.5 Å². The van der Waals surface area contributed by atoms with Gasteiger partial charge in [-0.15, -0.1) is 0 Å². The molecule has 29 heavy (non-hydrogen) atoms. The molecular formula is C22H19Cl2F3N2. The molecule has 2 nitrogen and oxygen atoms in total. The van der Waals surface area contributed by atoms with Crippen LogP contribution < -0.4 is 0 Å². The number of nitrogens with zero attached hydrogens (tertiary/aromatic N) is 2. The zero-order valence-electron chi connectivity index (χ0n) is 15.5. The zero-order valence-corrected chi connectivity index (χ0v) is 17.0. The number of alkyl halides is 3. The Morgan fingerprint density at radius 3 is 2.52 bits per heavy atom. The summed E-state index contributed by atoms with van der Waals surface area (Å²) in [4.78, 5) is 2.20. The zero-order chi connectivity index (χ0) is 20.6. The number of aromatic nitrogens is 1. The van der Waals surface area contributed by atoms with Crippen molar-refractivity contribution in [3.05, 3.63) is 93.2 Å². The van der Waals surface area contributed by atoms with E-state index in [-0.39, 0.29) is 6.04 Å². The van der Waals surface area contributed by atoms with E-state index >= 15 is 0 Å². The Bertz CT molecular complexity index is 1010. The molecule has 4 rings (SSSR count). The topological polar surface area (TPSA) is 8.17 Å². The highest BCUT2D eigenvalue weighted by atomic mass is 35.5. The molecule has 0 spiro atoms. The standard InChI is InChI=1S/C22H19Cl2F3N2/c23-18-8-7-16(13-19(18)24)21-20-6-2-9-28(20)10-3-11-29(21)14-15-4-1-5-17(12-15)22(25,26)27/h1-2,4-9,12-13,21H,3,10-11,14H2/t21-/m1/s1. The smallest absolute Gasteiger partial charge is 0.350 e. The molecule has 0 radical (unpaired) electrons. The maximum atomic E-state index is 13.1. The molecule has 0 N–H and O–H groups in total. The summed E-state index contributed by atoms with van der Waals surface area (Å²) in [7, 11) is 0. The first-order valence-corrected chi connectivity index (χ1v) is 10.1. The number of fused-ring (bicyclic) bond motifs is 1. The third kappa shape index (κ3) is 4.32. The summed E-state index contributed by atoms with van der Waals surface area (Å²) in [6.45, 7) is 2.02. The minimum absolute atomic E-state index is 0.128. The largest absolute Gasteiger partial charge is 0.416 e. The lowest BCUT2D eigenvalue weighted by Gasteiger charge is -2.31. The van der Waals surface area contributed by atoms with Gasteiger partial charge in [-0.3, -0.25) is 4.90 Å². The molecular weight excluding hydrogens is 420 g/mol. The van der Waals surface area contributed by atoms with Gasteiger partial charge >= 0.3 is 6.18 Å². The van der Waals surface area contributed by atoms with Crippen molar-refractivity contribution in [1.82, 2.24) is 9.47 Å². The second-order valence-electron chi connectivity index (χ2n) is 7.22. The molecule has 0 bridgehead atoms. The summed E-state index contributed by atoms with van der Waals surface area (Å²) in [6.07, 6.45) is -1.42. The Hall–Kier alpha value is -1.95. The summed E-state index contributed by atoms with van der Waals surface area (Å²) in [5, 5.41) is 0.939. The minimum atomic E-state index is -4.35. The van der Waals surface area contributed by atoms with Gasteiger partial charge < -0.3 is 4.57 Å². The van der Waals surface area contributed by atoms with E-state index in [1.165, 1.54) is 12.1 Å². The molecule has 0 amide bonds. The molecule has 0 unspecified atom stereocenters. The summed E-state index contributed by atoms with van der Waals surface area (Å²) < 4.78 is 41.6. The highest BCUT2D eigenvalue weighted by Crippen LogP contribution is 2.36. The number of rotatable bonds is 3. The second kappa shape index (κ2) is 8.05. The van der Waals surface area contributed by atoms with Crippen LogP contribution in [0, 0.1) is 0 Å². The predicted molar refractivity (Wildman–Crippen MR) is 109 cm³/mol. The Balaban J connectivity index is 1.73. The summed E-state index contributed by atoms with van der Waals surface area (Å²) >= 11 is 12.4. The van der Waals surface area contributed by atoms with Crippen LogP contribution in [-0.2, 0) is 19.3 Å². The Labute approximate surface area is 177 Å². The molecule has 0 saturated heterocycles. The van der Waals surface area contributed by atoms with E-state index in [0.717, 1.165) is 36.8 Å². The van der Waals surface area contributed by atoms with Crippen LogP contribution in [0.4, 0.5) is 13.2 Å². The Morgan fingerprint density at radius 2 is 1.76 bits per heavy atom. The van der Waals surface area contributed by atoms with Gasteiger partial charge in [0.1, 0.15) is 0 Å². The summed E-state index contributed by atoms with van der Waals surface area (Å²) in [5.74, 6) is 0. The molecule has 1 aliphatic heterocycles. The number of hydrogen-bond acceptors (Lipinski definition) is 1. The van der Waals surface area contributed by atoms with Crippen LogP contribution in [0.15, 0.2) is 60.8 Å². The first-order valence-electron chi connectivity index (χ1n) is 9.33. The van der Waals surface area contributed by atoms with Crippen LogP contribution in [0.1, 0.15) is 34.8 Å². The average molecular weight is 439 g/mol. The SMILES string of the molecule is FC(F)(F)c1cccc(CN2CCCn3cccc3[C@H]2c2ccc(Cl)c(Cl)c2)c1. The average Bonchev–Trinajstić information content (AvgIpc) is 3.05. The molecule has 1 aliphatic rings. The van der Waals surface area contributed by atoms with E-state index in [1.807, 2.05) is 24.4 Å². The van der Waals surface area contributed by atoms with Crippen LogP contribution in [0.5, 0.6) is 0 Å². The molecule has 2 heterocycles. The van der Waals surface area contributed by atoms with Crippen LogP contribution in [0.25, 0.3) is 0 Å². The number of aryl methyl sites for hydroxylation is 1. The normalized spacial score (nSPS) is 17.8. The van der Waals surface area contributed by atoms with Crippen LogP contribution >= 0.6 is 23.2 Å². The molecule has 3 aromatic rings. The van der Waals surface area contributed by atoms with Crippen molar-refractivity contribution in [1.29, 1.82) is 0 Å². The van der Waals surface area contributed by atoms with Gasteiger partial charge in [-0.25, -0.2) is 0 Å². The molecule has 1 atom stereocenters. The van der Waals surface area contributed by atoms with E-state index in [0.29, 0.717) is 22.2 Å². The number of halogens is 5. The highest BCUT2D eigenvalue weighted by molar-refractivity contribution is 6.42. The maximum absolute atomic E-state index is 13.1. The van der Waals surface area contributed by atoms with Gasteiger partial charge in [0.05, 0.1) is 21.7 Å². The van der Waals surface area contributed by atoms with Gasteiger partial charge in [0.15, 0.2) is 0 Å². The highest BCUT2D eigenvalue weighted by Gasteiger charge is 2.31. The molecule has 7 heteroatoms. The van der Waals surface area contributed by atoms with Crippen LogP contribution in [0.2, 0.25) is 10.0 Å². The van der Waals surface area contributed by atoms with E-state index < -0.39 is 11.7 Å². The molecule has 1 aromatic heterocycles. The van der Waals surface area contributed by atoms with Gasteiger partial charge in [-0.1, -0.05) is 47.5 Å². The predicted octanol–water partition coefficient (Wildman–Crippen LogP) is 6.81. The van der Waals surface area contributed by atoms with E-state index in [4.69, 9.17) is 23.2 Å². The first kappa shape index (κ1) is 20.3. The quantitative estimate of drug-likeness (QED) is 0.435. The molecule has 2 aromatic carbocycles. The molecule has 152 valence electrons. The van der Waals surface area contributed by atoms with Crippen LogP contribution in [0.3, 0.4) is 0 Å². The van der Waals surface area contributed by atoms with Crippen molar-refractivity contribution >= 4 is 23.2 Å². The van der Waals surface area contributed by atoms with Crippen molar-refractivity contribution in [3.63, 3.8) is 0 Å². The second-order valence-corrected chi connectivity index (χ2v) is 8.04. The molecule has 0 fully saturated rings. The van der Waals surface area contributed by atoms with Crippen molar-refractivity contribution in [2.24, 2.45) is 0 Å². The van der Waals surface area contributed by atoms with Gasteiger partial charge in [-0.05, 0) is 47.9 Å². The fourth-order valence-electron chi connectivity index (χ4n) is 3.95. The van der Waals surface area contributed by atoms with Crippen molar-refractivity contribution in [2.75, 3.05) is 6.54 Å². The van der Waals surface area contributed by atoms with Crippen molar-refractivity contribution in [3.8, 4) is 0 Å². The fraction of sp³-hybridized carbons (Fsp3) is 0.273. The van der Waals surface area contributed by atoms with Crippen molar-refractivity contribution in [2.45, 2.75) is 31.7 Å². The third-order valence-corrected chi connectivity index (χ3v) is 5.99. The molecule has 0 aliphatic carbocycles. The monoisotopic (exact) mass is 438 g/mol. The number of hydrogen-bond donors (Lipinski definition) is 0. The van der Waals surface area contributed by atoms with E-state index in [9.17, 15) is 13.2 Å². The Kier molecular flexibility index (Phi) is 5.65. The van der Waals surface area contributed by atoms with Crippen molar-refractivity contribution < 1.29 is 13.2 Å². The first-order chi connectivity index (χ1) is 13.8. The minimum Gasteiger partial charge on any atom is -0.350 e. The van der Waals surface area contributed by atoms with Gasteiger partial charge in [-0.2, -0.15) is 13.2 Å². The summed E-state index contributed by atoms with van der Waals surface area (Å²) in [5.41, 5.74) is 2.06. The molecule has 0 saturated carbocycles. The Morgan fingerprint density at radius 1 is 0.931 bits per heavy atom. The third-order valence-electron chi connectivity index (χ3n) is 5.25. The van der Waals surface area contributed by atoms with E-state index in [1.54, 1.807) is 12.1 Å². The summed E-state index contributed by atoms with van der Waals surface area (Å²) in [6, 6.07) is 15.0.